The average molecular weight is 381 g/mol. The zero-order valence-electron chi connectivity index (χ0n) is 13.7. The molecule has 4 nitrogen and oxygen atoms in total. The molecule has 5 heteroatoms. The van der Waals surface area contributed by atoms with E-state index in [1.807, 2.05) is 24.3 Å². The molecule has 2 amide bonds. The third-order valence-corrected chi connectivity index (χ3v) is 5.20. The molecule has 1 aliphatic carbocycles. The fourth-order valence-corrected chi connectivity index (χ4v) is 3.42. The van der Waals surface area contributed by atoms with E-state index in [-0.39, 0.29) is 18.4 Å². The van der Waals surface area contributed by atoms with Crippen molar-refractivity contribution < 1.29 is 9.59 Å². The first-order valence-corrected chi connectivity index (χ1v) is 9.09. The van der Waals surface area contributed by atoms with Crippen LogP contribution < -0.4 is 5.32 Å². The lowest BCUT2D eigenvalue weighted by molar-refractivity contribution is -0.132. The molecule has 0 aromatic heterocycles. The van der Waals surface area contributed by atoms with Crippen molar-refractivity contribution in [2.24, 2.45) is 5.92 Å². The second-order valence-electron chi connectivity index (χ2n) is 6.33. The van der Waals surface area contributed by atoms with Gasteiger partial charge in [0.25, 0.3) is 0 Å². The SMILES string of the molecule is CN(Cc1ccccc1Br)C(=O)CNC(=O)CC1CCCCC1. The lowest BCUT2D eigenvalue weighted by atomic mass is 9.87. The van der Waals surface area contributed by atoms with Crippen molar-refractivity contribution >= 4 is 27.7 Å². The molecule has 1 aliphatic rings. The fourth-order valence-electron chi connectivity index (χ4n) is 3.01. The van der Waals surface area contributed by atoms with Crippen LogP contribution in [0.25, 0.3) is 0 Å². The van der Waals surface area contributed by atoms with Gasteiger partial charge in [-0.3, -0.25) is 9.59 Å². The van der Waals surface area contributed by atoms with Crippen LogP contribution in [0.4, 0.5) is 0 Å². The maximum atomic E-state index is 12.2. The molecule has 0 atom stereocenters. The summed E-state index contributed by atoms with van der Waals surface area (Å²) >= 11 is 3.48. The zero-order chi connectivity index (χ0) is 16.7. The summed E-state index contributed by atoms with van der Waals surface area (Å²) < 4.78 is 0.987. The Balaban J connectivity index is 1.73. The lowest BCUT2D eigenvalue weighted by Crippen LogP contribution is -2.38. The third kappa shape index (κ3) is 5.98. The van der Waals surface area contributed by atoms with Gasteiger partial charge < -0.3 is 10.2 Å². The maximum absolute atomic E-state index is 12.2. The number of nitrogens with zero attached hydrogens (tertiary/aromatic N) is 1. The first-order chi connectivity index (χ1) is 11.1. The van der Waals surface area contributed by atoms with Gasteiger partial charge in [-0.2, -0.15) is 0 Å². The predicted octanol–water partition coefficient (Wildman–Crippen LogP) is 3.49. The summed E-state index contributed by atoms with van der Waals surface area (Å²) in [6, 6.07) is 7.83. The van der Waals surface area contributed by atoms with Gasteiger partial charge in [0, 0.05) is 24.5 Å². The molecule has 0 unspecified atom stereocenters. The predicted molar refractivity (Wildman–Crippen MR) is 94.8 cm³/mol. The van der Waals surface area contributed by atoms with Crippen LogP contribution in [0.3, 0.4) is 0 Å². The Morgan fingerprint density at radius 3 is 2.61 bits per heavy atom. The van der Waals surface area contributed by atoms with Crippen molar-refractivity contribution in [3.8, 4) is 0 Å². The number of amides is 2. The van der Waals surface area contributed by atoms with Gasteiger partial charge in [-0.05, 0) is 30.4 Å². The van der Waals surface area contributed by atoms with Crippen LogP contribution in [0, 0.1) is 5.92 Å². The van der Waals surface area contributed by atoms with E-state index in [4.69, 9.17) is 0 Å². The second kappa shape index (κ2) is 9.06. The molecular formula is C18H25BrN2O2. The van der Waals surface area contributed by atoms with Gasteiger partial charge in [-0.1, -0.05) is 53.4 Å². The molecule has 0 saturated heterocycles. The molecule has 126 valence electrons. The van der Waals surface area contributed by atoms with Crippen molar-refractivity contribution in [1.29, 1.82) is 0 Å². The highest BCUT2D eigenvalue weighted by atomic mass is 79.9. The molecule has 1 saturated carbocycles. The number of nitrogens with one attached hydrogen (secondary N) is 1. The highest BCUT2D eigenvalue weighted by Crippen LogP contribution is 2.26. The van der Waals surface area contributed by atoms with E-state index in [1.165, 1.54) is 19.3 Å². The van der Waals surface area contributed by atoms with Crippen LogP contribution in [-0.2, 0) is 16.1 Å². The van der Waals surface area contributed by atoms with E-state index < -0.39 is 0 Å². The molecule has 0 heterocycles. The van der Waals surface area contributed by atoms with Crippen molar-refractivity contribution in [3.05, 3.63) is 34.3 Å². The summed E-state index contributed by atoms with van der Waals surface area (Å²) in [6.07, 6.45) is 6.58. The lowest BCUT2D eigenvalue weighted by Gasteiger charge is -2.21. The molecule has 0 radical (unpaired) electrons. The molecule has 1 N–H and O–H groups in total. The van der Waals surface area contributed by atoms with Crippen LogP contribution >= 0.6 is 15.9 Å². The Morgan fingerprint density at radius 1 is 1.22 bits per heavy atom. The first kappa shape index (κ1) is 18.0. The molecule has 0 bridgehead atoms. The van der Waals surface area contributed by atoms with Crippen molar-refractivity contribution in [3.63, 3.8) is 0 Å². The van der Waals surface area contributed by atoms with Gasteiger partial charge in [0.15, 0.2) is 0 Å². The monoisotopic (exact) mass is 380 g/mol. The Kier molecular flexibility index (Phi) is 7.09. The standard InChI is InChI=1S/C18H25BrN2O2/c1-21(13-15-9-5-6-10-16(15)19)18(23)12-20-17(22)11-14-7-3-2-4-8-14/h5-6,9-10,14H,2-4,7-8,11-13H2,1H3,(H,20,22). The zero-order valence-corrected chi connectivity index (χ0v) is 15.3. The smallest absolute Gasteiger partial charge is 0.242 e. The number of benzene rings is 1. The van der Waals surface area contributed by atoms with Crippen molar-refractivity contribution in [2.45, 2.75) is 45.1 Å². The third-order valence-electron chi connectivity index (χ3n) is 4.43. The minimum atomic E-state index is -0.0715. The Hall–Kier alpha value is -1.36. The minimum absolute atomic E-state index is 0.000424. The second-order valence-corrected chi connectivity index (χ2v) is 7.18. The normalized spacial score (nSPS) is 15.2. The molecular weight excluding hydrogens is 356 g/mol. The van der Waals surface area contributed by atoms with Crippen molar-refractivity contribution in [2.75, 3.05) is 13.6 Å². The summed E-state index contributed by atoms with van der Waals surface area (Å²) in [7, 11) is 1.76. The van der Waals surface area contributed by atoms with E-state index in [2.05, 4.69) is 21.2 Å². The van der Waals surface area contributed by atoms with Crippen LogP contribution in [0.2, 0.25) is 0 Å². The summed E-state index contributed by atoms with van der Waals surface area (Å²) in [4.78, 5) is 25.8. The summed E-state index contributed by atoms with van der Waals surface area (Å²) in [6.45, 7) is 0.602. The van der Waals surface area contributed by atoms with Gasteiger partial charge in [0.05, 0.1) is 6.54 Å². The van der Waals surface area contributed by atoms with Crippen LogP contribution in [0.1, 0.15) is 44.1 Å². The Morgan fingerprint density at radius 2 is 1.91 bits per heavy atom. The van der Waals surface area contributed by atoms with E-state index in [0.717, 1.165) is 22.9 Å². The number of likely N-dealkylation sites (N-methyl/N-ethyl adjacent to an activating group) is 1. The first-order valence-electron chi connectivity index (χ1n) is 8.30. The molecule has 0 spiro atoms. The van der Waals surface area contributed by atoms with Gasteiger partial charge in [-0.25, -0.2) is 0 Å². The Labute approximate surface area is 146 Å². The fraction of sp³-hybridized carbons (Fsp3) is 0.556. The Bertz CT molecular complexity index is 542. The molecule has 23 heavy (non-hydrogen) atoms. The number of carbonyl (C=O) groups excluding carboxylic acids is 2. The van der Waals surface area contributed by atoms with Crippen LogP contribution in [0.5, 0.6) is 0 Å². The molecule has 1 aromatic carbocycles. The average Bonchev–Trinajstić information content (AvgIpc) is 2.55. The van der Waals surface area contributed by atoms with E-state index in [0.29, 0.717) is 18.9 Å². The highest BCUT2D eigenvalue weighted by molar-refractivity contribution is 9.10. The van der Waals surface area contributed by atoms with E-state index in [9.17, 15) is 9.59 Å². The quantitative estimate of drug-likeness (QED) is 0.820. The number of hydrogen-bond acceptors (Lipinski definition) is 2. The largest absolute Gasteiger partial charge is 0.347 e. The van der Waals surface area contributed by atoms with Gasteiger partial charge in [0.2, 0.25) is 11.8 Å². The summed E-state index contributed by atoms with van der Waals surface area (Å²) in [5.41, 5.74) is 1.05. The van der Waals surface area contributed by atoms with Gasteiger partial charge in [0.1, 0.15) is 0 Å². The maximum Gasteiger partial charge on any atom is 0.242 e. The summed E-state index contributed by atoms with van der Waals surface area (Å²) in [5.74, 6) is 0.425. The van der Waals surface area contributed by atoms with E-state index in [1.54, 1.807) is 11.9 Å². The molecule has 1 fully saturated rings. The molecule has 1 aromatic rings. The number of rotatable bonds is 6. The topological polar surface area (TPSA) is 49.4 Å². The number of halogens is 1. The highest BCUT2D eigenvalue weighted by Gasteiger charge is 2.18. The number of hydrogen-bond donors (Lipinski definition) is 1. The van der Waals surface area contributed by atoms with Gasteiger partial charge >= 0.3 is 0 Å². The van der Waals surface area contributed by atoms with Crippen LogP contribution in [0.15, 0.2) is 28.7 Å². The van der Waals surface area contributed by atoms with Crippen molar-refractivity contribution in [1.82, 2.24) is 10.2 Å². The number of carbonyl (C=O) groups is 2. The van der Waals surface area contributed by atoms with Gasteiger partial charge in [-0.15, -0.1) is 0 Å². The van der Waals surface area contributed by atoms with E-state index >= 15 is 0 Å². The minimum Gasteiger partial charge on any atom is -0.347 e. The molecule has 2 rings (SSSR count). The summed E-state index contributed by atoms with van der Waals surface area (Å²) in [5, 5.41) is 2.77. The molecule has 0 aliphatic heterocycles. The van der Waals surface area contributed by atoms with Crippen LogP contribution in [-0.4, -0.2) is 30.3 Å².